The second-order valence-corrected chi connectivity index (χ2v) is 5.51. The Kier molecular flexibility index (Phi) is 3.63. The summed E-state index contributed by atoms with van der Waals surface area (Å²) in [5, 5.41) is 9.21. The highest BCUT2D eigenvalue weighted by Gasteiger charge is 2.46. The van der Waals surface area contributed by atoms with Crippen molar-refractivity contribution in [3.8, 4) is 0 Å². The fourth-order valence-electron chi connectivity index (χ4n) is 3.21. The van der Waals surface area contributed by atoms with Crippen LogP contribution in [0.25, 0.3) is 0 Å². The van der Waals surface area contributed by atoms with Gasteiger partial charge in [0.15, 0.2) is 0 Å². The standard InChI is InChI=1S/C15H20N2O3/c18-14(19)16-9-10-20-15(12-16)7-4-8-17(15)11-13-5-2-1-3-6-13/h1-3,5-6H,4,7-12H2,(H,18,19). The first-order chi connectivity index (χ1) is 9.70. The van der Waals surface area contributed by atoms with Gasteiger partial charge in [-0.25, -0.2) is 4.79 Å². The molecule has 1 aromatic rings. The van der Waals surface area contributed by atoms with Crippen molar-refractivity contribution < 1.29 is 14.6 Å². The normalized spacial score (nSPS) is 27.1. The minimum absolute atomic E-state index is 0.424. The Morgan fingerprint density at radius 2 is 2.10 bits per heavy atom. The van der Waals surface area contributed by atoms with Gasteiger partial charge in [-0.1, -0.05) is 30.3 Å². The summed E-state index contributed by atoms with van der Waals surface area (Å²) in [6.45, 7) is 3.18. The van der Waals surface area contributed by atoms with Crippen molar-refractivity contribution in [1.82, 2.24) is 9.80 Å². The van der Waals surface area contributed by atoms with Gasteiger partial charge in [-0.05, 0) is 18.4 Å². The van der Waals surface area contributed by atoms with Gasteiger partial charge >= 0.3 is 6.09 Å². The molecular formula is C15H20N2O3. The monoisotopic (exact) mass is 276 g/mol. The lowest BCUT2D eigenvalue weighted by Crippen LogP contribution is -2.59. The van der Waals surface area contributed by atoms with Crippen molar-refractivity contribution in [3.63, 3.8) is 0 Å². The lowest BCUT2D eigenvalue weighted by molar-refractivity contribution is -0.177. The summed E-state index contributed by atoms with van der Waals surface area (Å²) >= 11 is 0. The van der Waals surface area contributed by atoms with Crippen LogP contribution in [0.3, 0.4) is 0 Å². The zero-order valence-corrected chi connectivity index (χ0v) is 11.5. The number of rotatable bonds is 2. The molecular weight excluding hydrogens is 256 g/mol. The first-order valence-electron chi connectivity index (χ1n) is 7.10. The van der Waals surface area contributed by atoms with Crippen molar-refractivity contribution in [2.45, 2.75) is 25.1 Å². The van der Waals surface area contributed by atoms with E-state index >= 15 is 0 Å². The van der Waals surface area contributed by atoms with Crippen LogP contribution in [0.4, 0.5) is 4.79 Å². The van der Waals surface area contributed by atoms with Crippen molar-refractivity contribution in [2.24, 2.45) is 0 Å². The van der Waals surface area contributed by atoms with E-state index in [0.717, 1.165) is 25.9 Å². The van der Waals surface area contributed by atoms with Crippen molar-refractivity contribution in [1.29, 1.82) is 0 Å². The lowest BCUT2D eigenvalue weighted by atomic mass is 10.1. The molecule has 1 unspecified atom stereocenters. The summed E-state index contributed by atoms with van der Waals surface area (Å²) in [5.41, 5.74) is 0.816. The molecule has 1 spiro atoms. The molecule has 2 fully saturated rings. The number of carbonyl (C=O) groups is 1. The maximum atomic E-state index is 11.2. The summed E-state index contributed by atoms with van der Waals surface area (Å²) in [6, 6.07) is 10.3. The third-order valence-electron chi connectivity index (χ3n) is 4.23. The molecule has 1 amide bonds. The Bertz CT molecular complexity index is 479. The topological polar surface area (TPSA) is 53.0 Å². The molecule has 2 heterocycles. The van der Waals surface area contributed by atoms with Crippen LogP contribution >= 0.6 is 0 Å². The van der Waals surface area contributed by atoms with E-state index in [9.17, 15) is 9.90 Å². The van der Waals surface area contributed by atoms with E-state index < -0.39 is 11.8 Å². The molecule has 3 rings (SSSR count). The molecule has 1 aromatic carbocycles. The third kappa shape index (κ3) is 2.51. The lowest BCUT2D eigenvalue weighted by Gasteiger charge is -2.44. The van der Waals surface area contributed by atoms with Gasteiger partial charge in [-0.2, -0.15) is 0 Å². The highest BCUT2D eigenvalue weighted by molar-refractivity contribution is 5.65. The van der Waals surface area contributed by atoms with Crippen LogP contribution < -0.4 is 0 Å². The second-order valence-electron chi connectivity index (χ2n) is 5.51. The molecule has 0 saturated carbocycles. The number of amides is 1. The Morgan fingerprint density at radius 1 is 1.30 bits per heavy atom. The van der Waals surface area contributed by atoms with Crippen LogP contribution in [0, 0.1) is 0 Å². The minimum Gasteiger partial charge on any atom is -0.465 e. The van der Waals surface area contributed by atoms with E-state index in [-0.39, 0.29) is 0 Å². The van der Waals surface area contributed by atoms with Gasteiger partial charge < -0.3 is 14.7 Å². The van der Waals surface area contributed by atoms with Gasteiger partial charge in [0.25, 0.3) is 0 Å². The van der Waals surface area contributed by atoms with Gasteiger partial charge in [0, 0.05) is 19.6 Å². The number of hydrogen-bond donors (Lipinski definition) is 1. The number of hydrogen-bond acceptors (Lipinski definition) is 3. The van der Waals surface area contributed by atoms with Crippen LogP contribution in [0.1, 0.15) is 18.4 Å². The maximum Gasteiger partial charge on any atom is 0.407 e. The fraction of sp³-hybridized carbons (Fsp3) is 0.533. The molecule has 0 aliphatic carbocycles. The third-order valence-corrected chi connectivity index (χ3v) is 4.23. The summed E-state index contributed by atoms with van der Waals surface area (Å²) in [6.07, 6.45) is 1.11. The van der Waals surface area contributed by atoms with Gasteiger partial charge in [-0.15, -0.1) is 0 Å². The van der Waals surface area contributed by atoms with E-state index in [1.165, 1.54) is 10.5 Å². The zero-order chi connectivity index (χ0) is 14.0. The molecule has 0 bridgehead atoms. The van der Waals surface area contributed by atoms with E-state index in [4.69, 9.17) is 4.74 Å². The Balaban J connectivity index is 1.75. The molecule has 108 valence electrons. The van der Waals surface area contributed by atoms with E-state index in [2.05, 4.69) is 17.0 Å². The van der Waals surface area contributed by atoms with Crippen LogP contribution in [-0.4, -0.2) is 53.0 Å². The van der Waals surface area contributed by atoms with Gasteiger partial charge in [0.05, 0.1) is 13.2 Å². The first-order valence-corrected chi connectivity index (χ1v) is 7.10. The number of nitrogens with zero attached hydrogens (tertiary/aromatic N) is 2. The van der Waals surface area contributed by atoms with Crippen LogP contribution in [0.2, 0.25) is 0 Å². The molecule has 2 aliphatic heterocycles. The minimum atomic E-state index is -0.848. The van der Waals surface area contributed by atoms with Crippen LogP contribution in [-0.2, 0) is 11.3 Å². The molecule has 2 saturated heterocycles. The highest BCUT2D eigenvalue weighted by Crippen LogP contribution is 2.34. The Hall–Kier alpha value is -1.59. The molecule has 5 nitrogen and oxygen atoms in total. The van der Waals surface area contributed by atoms with Gasteiger partial charge in [0.2, 0.25) is 0 Å². The van der Waals surface area contributed by atoms with Gasteiger partial charge in [-0.3, -0.25) is 4.90 Å². The van der Waals surface area contributed by atoms with Crippen molar-refractivity contribution >= 4 is 6.09 Å². The predicted octanol–water partition coefficient (Wildman–Crippen LogP) is 1.99. The van der Waals surface area contributed by atoms with Gasteiger partial charge in [0.1, 0.15) is 5.72 Å². The smallest absolute Gasteiger partial charge is 0.407 e. The molecule has 0 radical (unpaired) electrons. The predicted molar refractivity (Wildman–Crippen MR) is 74.4 cm³/mol. The Morgan fingerprint density at radius 3 is 2.85 bits per heavy atom. The Labute approximate surface area is 118 Å². The van der Waals surface area contributed by atoms with E-state index in [0.29, 0.717) is 19.7 Å². The van der Waals surface area contributed by atoms with E-state index in [1.54, 1.807) is 0 Å². The zero-order valence-electron chi connectivity index (χ0n) is 11.5. The first kappa shape index (κ1) is 13.4. The summed E-state index contributed by atoms with van der Waals surface area (Å²) in [7, 11) is 0. The highest BCUT2D eigenvalue weighted by atomic mass is 16.5. The summed E-state index contributed by atoms with van der Waals surface area (Å²) in [4.78, 5) is 15.0. The summed E-state index contributed by atoms with van der Waals surface area (Å²) < 4.78 is 6.01. The van der Waals surface area contributed by atoms with Crippen LogP contribution in [0.15, 0.2) is 30.3 Å². The number of benzene rings is 1. The quantitative estimate of drug-likeness (QED) is 0.897. The number of carboxylic acid groups (broad SMARTS) is 1. The molecule has 5 heteroatoms. The largest absolute Gasteiger partial charge is 0.465 e. The number of morpholine rings is 1. The molecule has 1 atom stereocenters. The number of ether oxygens (including phenoxy) is 1. The number of likely N-dealkylation sites (tertiary alicyclic amines) is 1. The van der Waals surface area contributed by atoms with Crippen LogP contribution in [0.5, 0.6) is 0 Å². The molecule has 0 aromatic heterocycles. The van der Waals surface area contributed by atoms with Crippen molar-refractivity contribution in [2.75, 3.05) is 26.2 Å². The average Bonchev–Trinajstić information content (AvgIpc) is 2.82. The SMILES string of the molecule is O=C(O)N1CCOC2(CCCN2Cc2ccccc2)C1. The van der Waals surface area contributed by atoms with E-state index in [1.807, 2.05) is 18.2 Å². The maximum absolute atomic E-state index is 11.2. The molecule has 2 aliphatic rings. The van der Waals surface area contributed by atoms with Crippen molar-refractivity contribution in [3.05, 3.63) is 35.9 Å². The average molecular weight is 276 g/mol. The fourth-order valence-corrected chi connectivity index (χ4v) is 3.21. The molecule has 20 heavy (non-hydrogen) atoms. The second kappa shape index (κ2) is 5.42. The molecule has 1 N–H and O–H groups in total. The summed E-state index contributed by atoms with van der Waals surface area (Å²) in [5.74, 6) is 0.